The van der Waals surface area contributed by atoms with E-state index in [0.717, 1.165) is 12.8 Å². The van der Waals surface area contributed by atoms with E-state index in [1.165, 1.54) is 6.20 Å². The summed E-state index contributed by atoms with van der Waals surface area (Å²) in [6, 6.07) is 0. The maximum atomic E-state index is 11.7. The molecule has 1 saturated carbocycles. The predicted octanol–water partition coefficient (Wildman–Crippen LogP) is 1.86. The van der Waals surface area contributed by atoms with Crippen LogP contribution in [-0.4, -0.2) is 23.6 Å². The molecule has 15 heavy (non-hydrogen) atoms. The van der Waals surface area contributed by atoms with E-state index in [2.05, 4.69) is 9.97 Å². The SMILES string of the molecule is O=S(=O)(Cc1cnc(Cl)nc1Cl)C1CC1. The third kappa shape index (κ3) is 2.59. The fraction of sp³-hybridized carbons (Fsp3) is 0.500. The van der Waals surface area contributed by atoms with Crippen LogP contribution in [0.15, 0.2) is 6.20 Å². The second kappa shape index (κ2) is 3.88. The highest BCUT2D eigenvalue weighted by molar-refractivity contribution is 7.91. The van der Waals surface area contributed by atoms with Gasteiger partial charge in [-0.1, -0.05) is 11.6 Å². The zero-order chi connectivity index (χ0) is 11.1. The number of rotatable bonds is 3. The fourth-order valence-corrected chi connectivity index (χ4v) is 3.41. The minimum Gasteiger partial charge on any atom is -0.228 e. The first-order valence-electron chi connectivity index (χ1n) is 4.37. The van der Waals surface area contributed by atoms with Gasteiger partial charge in [-0.2, -0.15) is 0 Å². The lowest BCUT2D eigenvalue weighted by atomic mass is 10.4. The smallest absolute Gasteiger partial charge is 0.223 e. The maximum Gasteiger partial charge on any atom is 0.223 e. The number of halogens is 2. The second-order valence-corrected chi connectivity index (χ2v) is 6.44. The number of hydrogen-bond acceptors (Lipinski definition) is 4. The van der Waals surface area contributed by atoms with E-state index >= 15 is 0 Å². The van der Waals surface area contributed by atoms with Gasteiger partial charge in [0.1, 0.15) is 5.15 Å². The van der Waals surface area contributed by atoms with Gasteiger partial charge in [0.05, 0.1) is 11.0 Å². The lowest BCUT2D eigenvalue weighted by molar-refractivity contribution is 0.594. The molecule has 1 aliphatic carbocycles. The first-order valence-corrected chi connectivity index (χ1v) is 6.84. The summed E-state index contributed by atoms with van der Waals surface area (Å²) in [6.45, 7) is 0. The van der Waals surface area contributed by atoms with Crippen LogP contribution in [0.4, 0.5) is 0 Å². The molecule has 0 radical (unpaired) electrons. The molecular formula is C8H8Cl2N2O2S. The zero-order valence-corrected chi connectivity index (χ0v) is 9.98. The van der Waals surface area contributed by atoms with Gasteiger partial charge in [0, 0.05) is 11.8 Å². The Bertz CT molecular complexity index is 485. The molecule has 4 nitrogen and oxygen atoms in total. The molecule has 0 bridgehead atoms. The van der Waals surface area contributed by atoms with Crippen molar-refractivity contribution in [2.75, 3.05) is 0 Å². The molecule has 0 amide bonds. The van der Waals surface area contributed by atoms with Crippen LogP contribution < -0.4 is 0 Å². The molecule has 0 unspecified atom stereocenters. The van der Waals surface area contributed by atoms with Crippen LogP contribution >= 0.6 is 23.2 Å². The molecule has 1 aliphatic rings. The van der Waals surface area contributed by atoms with Gasteiger partial charge in [-0.15, -0.1) is 0 Å². The molecule has 82 valence electrons. The summed E-state index contributed by atoms with van der Waals surface area (Å²) in [7, 11) is -3.08. The highest BCUT2D eigenvalue weighted by Gasteiger charge is 2.36. The Labute approximate surface area is 97.6 Å². The van der Waals surface area contributed by atoms with Crippen LogP contribution in [0.2, 0.25) is 10.4 Å². The number of nitrogens with zero attached hydrogens (tertiary/aromatic N) is 2. The highest BCUT2D eigenvalue weighted by atomic mass is 35.5. The minimum absolute atomic E-state index is 0.0209. The van der Waals surface area contributed by atoms with Gasteiger partial charge in [-0.25, -0.2) is 18.4 Å². The molecule has 2 rings (SSSR count). The van der Waals surface area contributed by atoms with Crippen LogP contribution in [-0.2, 0) is 15.6 Å². The quantitative estimate of drug-likeness (QED) is 0.619. The molecule has 7 heteroatoms. The third-order valence-corrected chi connectivity index (χ3v) is 4.88. The lowest BCUT2D eigenvalue weighted by Crippen LogP contribution is -2.10. The number of hydrogen-bond donors (Lipinski definition) is 0. The molecule has 0 aliphatic heterocycles. The standard InChI is InChI=1S/C8H8Cl2N2O2S/c9-7-5(3-11-8(10)12-7)4-15(13,14)6-1-2-6/h3,6H,1-2,4H2. The van der Waals surface area contributed by atoms with Gasteiger partial charge in [-0.05, 0) is 24.4 Å². The average Bonchev–Trinajstić information content (AvgIpc) is 2.92. The molecule has 1 heterocycles. The van der Waals surface area contributed by atoms with Gasteiger partial charge in [0.2, 0.25) is 5.28 Å². The summed E-state index contributed by atoms with van der Waals surface area (Å²) in [5, 5.41) is -0.0731. The van der Waals surface area contributed by atoms with Gasteiger partial charge in [0.15, 0.2) is 9.84 Å². The van der Waals surface area contributed by atoms with E-state index < -0.39 is 9.84 Å². The topological polar surface area (TPSA) is 59.9 Å². The van der Waals surface area contributed by atoms with Crippen molar-refractivity contribution >= 4 is 33.0 Å². The van der Waals surface area contributed by atoms with Crippen molar-refractivity contribution < 1.29 is 8.42 Å². The lowest BCUT2D eigenvalue weighted by Gasteiger charge is -2.03. The minimum atomic E-state index is -3.08. The van der Waals surface area contributed by atoms with E-state index in [0.29, 0.717) is 5.56 Å². The highest BCUT2D eigenvalue weighted by Crippen LogP contribution is 2.31. The number of sulfone groups is 1. The first kappa shape index (κ1) is 11.1. The van der Waals surface area contributed by atoms with Crippen molar-refractivity contribution in [2.24, 2.45) is 0 Å². The number of aromatic nitrogens is 2. The second-order valence-electron chi connectivity index (χ2n) is 3.46. The predicted molar refractivity (Wildman–Crippen MR) is 57.7 cm³/mol. The van der Waals surface area contributed by atoms with Crippen molar-refractivity contribution in [2.45, 2.75) is 23.8 Å². The fourth-order valence-electron chi connectivity index (χ4n) is 1.22. The average molecular weight is 267 g/mol. The molecule has 0 saturated heterocycles. The van der Waals surface area contributed by atoms with Crippen molar-refractivity contribution in [1.29, 1.82) is 0 Å². The van der Waals surface area contributed by atoms with Crippen molar-refractivity contribution in [3.63, 3.8) is 0 Å². The first-order chi connectivity index (χ1) is 6.99. The molecule has 0 aromatic carbocycles. The van der Waals surface area contributed by atoms with Gasteiger partial charge >= 0.3 is 0 Å². The van der Waals surface area contributed by atoms with Gasteiger partial charge in [0.25, 0.3) is 0 Å². The summed E-state index contributed by atoms with van der Waals surface area (Å²) in [5.74, 6) is -0.104. The largest absolute Gasteiger partial charge is 0.228 e. The van der Waals surface area contributed by atoms with Crippen molar-refractivity contribution in [3.05, 3.63) is 22.2 Å². The van der Waals surface area contributed by atoms with Crippen molar-refractivity contribution in [1.82, 2.24) is 9.97 Å². The normalized spacial score (nSPS) is 16.7. The summed E-state index contributed by atoms with van der Waals surface area (Å²) in [5.41, 5.74) is 0.410. The molecule has 1 fully saturated rings. The third-order valence-electron chi connectivity index (χ3n) is 2.17. The van der Waals surface area contributed by atoms with E-state index in [-0.39, 0.29) is 21.4 Å². The Balaban J connectivity index is 2.24. The Morgan fingerprint density at radius 1 is 1.40 bits per heavy atom. The summed E-state index contributed by atoms with van der Waals surface area (Å²) in [4.78, 5) is 7.40. The Kier molecular flexibility index (Phi) is 2.87. The monoisotopic (exact) mass is 266 g/mol. The van der Waals surface area contributed by atoms with Crippen LogP contribution in [0.5, 0.6) is 0 Å². The van der Waals surface area contributed by atoms with Crippen LogP contribution in [0, 0.1) is 0 Å². The van der Waals surface area contributed by atoms with E-state index in [4.69, 9.17) is 23.2 Å². The van der Waals surface area contributed by atoms with E-state index in [9.17, 15) is 8.42 Å². The molecule has 0 atom stereocenters. The zero-order valence-electron chi connectivity index (χ0n) is 7.65. The molecule has 1 aromatic rings. The van der Waals surface area contributed by atoms with E-state index in [1.807, 2.05) is 0 Å². The van der Waals surface area contributed by atoms with Crippen LogP contribution in [0.25, 0.3) is 0 Å². The Morgan fingerprint density at radius 2 is 2.07 bits per heavy atom. The Morgan fingerprint density at radius 3 is 2.60 bits per heavy atom. The van der Waals surface area contributed by atoms with Crippen LogP contribution in [0.3, 0.4) is 0 Å². The Hall–Kier alpha value is -0.390. The summed E-state index contributed by atoms with van der Waals surface area (Å²) >= 11 is 11.3. The maximum absolute atomic E-state index is 11.7. The summed E-state index contributed by atoms with van der Waals surface area (Å²) < 4.78 is 23.3. The van der Waals surface area contributed by atoms with E-state index in [1.54, 1.807) is 0 Å². The van der Waals surface area contributed by atoms with Gasteiger partial charge in [-0.3, -0.25) is 0 Å². The van der Waals surface area contributed by atoms with Crippen molar-refractivity contribution in [3.8, 4) is 0 Å². The van der Waals surface area contributed by atoms with Gasteiger partial charge < -0.3 is 0 Å². The van der Waals surface area contributed by atoms with Crippen LogP contribution in [0.1, 0.15) is 18.4 Å². The molecule has 1 aromatic heterocycles. The molecule has 0 N–H and O–H groups in total. The molecular weight excluding hydrogens is 259 g/mol. The summed E-state index contributed by atoms with van der Waals surface area (Å²) in [6.07, 6.45) is 2.85. The molecule has 0 spiro atoms.